The molecule has 0 atom stereocenters. The van der Waals surface area contributed by atoms with Gasteiger partial charge in [-0.15, -0.1) is 4.67 Å². The third-order valence-electron chi connectivity index (χ3n) is 1.25. The zero-order valence-electron chi connectivity index (χ0n) is 7.18. The molecule has 7 nitrogen and oxygen atoms in total. The van der Waals surface area contributed by atoms with Gasteiger partial charge in [0.15, 0.2) is 0 Å². The second kappa shape index (κ2) is 4.40. The number of phosphoric acid groups is 1. The Labute approximate surface area is 85.6 Å². The van der Waals surface area contributed by atoms with Crippen LogP contribution in [0, 0.1) is 0 Å². The molecule has 15 heavy (non-hydrogen) atoms. The molecule has 0 bridgehead atoms. The van der Waals surface area contributed by atoms with Gasteiger partial charge in [-0.05, 0) is 12.1 Å². The molecule has 0 amide bonds. The van der Waals surface area contributed by atoms with Crippen LogP contribution in [-0.2, 0) is 23.7 Å². The van der Waals surface area contributed by atoms with E-state index in [2.05, 4.69) is 9.01 Å². The van der Waals surface area contributed by atoms with Crippen LogP contribution in [0.15, 0.2) is 35.2 Å². The Hall–Kier alpha value is -0.760. The summed E-state index contributed by atoms with van der Waals surface area (Å²) in [5.41, 5.74) is 0. The van der Waals surface area contributed by atoms with Crippen molar-refractivity contribution in [2.24, 2.45) is 0 Å². The quantitative estimate of drug-likeness (QED) is 0.455. The van der Waals surface area contributed by atoms with Crippen molar-refractivity contribution in [2.75, 3.05) is 0 Å². The van der Waals surface area contributed by atoms with Crippen molar-refractivity contribution in [2.45, 2.75) is 4.90 Å². The summed E-state index contributed by atoms with van der Waals surface area (Å²) in [6.45, 7) is 0. The molecule has 0 heterocycles. The Kier molecular flexibility index (Phi) is 3.61. The van der Waals surface area contributed by atoms with Gasteiger partial charge in [0.05, 0.1) is 4.90 Å². The predicted octanol–water partition coefficient (Wildman–Crippen LogP) is 0.416. The summed E-state index contributed by atoms with van der Waals surface area (Å²) < 4.78 is 39.7. The van der Waals surface area contributed by atoms with Gasteiger partial charge in [0, 0.05) is 0 Å². The highest BCUT2D eigenvalue weighted by atomic mass is 32.2. The molecule has 84 valence electrons. The van der Waals surface area contributed by atoms with Gasteiger partial charge in [-0.25, -0.2) is 4.57 Å². The molecule has 0 unspecified atom stereocenters. The monoisotopic (exact) mass is 254 g/mol. The van der Waals surface area contributed by atoms with Crippen LogP contribution in [0.3, 0.4) is 0 Å². The molecule has 1 aromatic rings. The zero-order chi connectivity index (χ0) is 11.5. The number of benzene rings is 1. The van der Waals surface area contributed by atoms with E-state index in [1.54, 1.807) is 6.07 Å². The summed E-state index contributed by atoms with van der Waals surface area (Å²) in [5, 5.41) is 0. The van der Waals surface area contributed by atoms with Crippen LogP contribution in [0.5, 0.6) is 0 Å². The number of rotatable bonds is 4. The molecule has 0 saturated heterocycles. The Morgan fingerprint density at radius 3 is 2.13 bits per heavy atom. The minimum absolute atomic E-state index is 0.265. The van der Waals surface area contributed by atoms with Crippen LogP contribution in [0.2, 0.25) is 0 Å². The maximum absolute atomic E-state index is 11.2. The highest BCUT2D eigenvalue weighted by Crippen LogP contribution is 2.37. The Morgan fingerprint density at radius 2 is 1.67 bits per heavy atom. The van der Waals surface area contributed by atoms with Gasteiger partial charge in [0.2, 0.25) is 0 Å². The molecule has 0 aromatic heterocycles. The van der Waals surface area contributed by atoms with E-state index in [4.69, 9.17) is 9.79 Å². The molecule has 0 spiro atoms. The maximum Gasteiger partial charge on any atom is 0.497 e. The summed E-state index contributed by atoms with van der Waals surface area (Å²) in [6.07, 6.45) is 0. The van der Waals surface area contributed by atoms with Gasteiger partial charge in [-0.2, -0.15) is 8.42 Å². The van der Waals surface area contributed by atoms with E-state index in [0.717, 1.165) is 0 Å². The largest absolute Gasteiger partial charge is 0.497 e. The van der Waals surface area contributed by atoms with Crippen molar-refractivity contribution in [1.29, 1.82) is 0 Å². The van der Waals surface area contributed by atoms with Crippen LogP contribution < -0.4 is 0 Å². The lowest BCUT2D eigenvalue weighted by molar-refractivity contribution is -0.116. The van der Waals surface area contributed by atoms with Crippen LogP contribution in [0.25, 0.3) is 0 Å². The van der Waals surface area contributed by atoms with Crippen molar-refractivity contribution in [3.8, 4) is 0 Å². The lowest BCUT2D eigenvalue weighted by atomic mass is 10.4. The van der Waals surface area contributed by atoms with E-state index in [0.29, 0.717) is 0 Å². The van der Waals surface area contributed by atoms with Gasteiger partial charge in [0.1, 0.15) is 0 Å². The molecular weight excluding hydrogens is 247 g/mol. The lowest BCUT2D eigenvalue weighted by Crippen LogP contribution is -2.05. The molecule has 2 N–H and O–H groups in total. The lowest BCUT2D eigenvalue weighted by Gasteiger charge is -2.04. The first-order valence-electron chi connectivity index (χ1n) is 3.55. The Bertz CT molecular complexity index is 462. The first-order chi connectivity index (χ1) is 6.81. The van der Waals surface area contributed by atoms with Crippen LogP contribution >= 0.6 is 7.82 Å². The van der Waals surface area contributed by atoms with Crippen molar-refractivity contribution >= 4 is 17.9 Å². The zero-order valence-corrected chi connectivity index (χ0v) is 8.89. The van der Waals surface area contributed by atoms with Gasteiger partial charge in [-0.1, -0.05) is 22.5 Å². The second-order valence-corrected chi connectivity index (χ2v) is 5.05. The van der Waals surface area contributed by atoms with E-state index in [9.17, 15) is 13.0 Å². The van der Waals surface area contributed by atoms with Crippen LogP contribution in [-0.4, -0.2) is 18.2 Å². The first-order valence-corrected chi connectivity index (χ1v) is 6.49. The topological polar surface area (TPSA) is 110 Å². The second-order valence-electron chi connectivity index (χ2n) is 2.40. The maximum atomic E-state index is 11.2. The van der Waals surface area contributed by atoms with E-state index >= 15 is 0 Å². The van der Waals surface area contributed by atoms with Crippen molar-refractivity contribution in [3.05, 3.63) is 30.3 Å². The van der Waals surface area contributed by atoms with E-state index in [1.165, 1.54) is 24.3 Å². The highest BCUT2D eigenvalue weighted by Gasteiger charge is 2.23. The minimum Gasteiger partial charge on any atom is -0.301 e. The average molecular weight is 254 g/mol. The Morgan fingerprint density at radius 1 is 1.13 bits per heavy atom. The van der Waals surface area contributed by atoms with Gasteiger partial charge in [-0.3, -0.25) is 0 Å². The standard InChI is InChI=1S/C6H7O7PS/c7-14(8,9)12-13-15(10,11)6-4-2-1-3-5-6/h1-5H,(H2,7,8,9). The molecule has 0 aliphatic rings. The fourth-order valence-corrected chi connectivity index (χ4v) is 1.91. The first kappa shape index (κ1) is 12.3. The smallest absolute Gasteiger partial charge is 0.301 e. The van der Waals surface area contributed by atoms with Crippen molar-refractivity contribution in [3.63, 3.8) is 0 Å². The SMILES string of the molecule is O=P(O)(O)OOS(=O)(=O)c1ccccc1. The highest BCUT2D eigenvalue weighted by molar-refractivity contribution is 7.86. The van der Waals surface area contributed by atoms with E-state index in [1.807, 2.05) is 0 Å². The van der Waals surface area contributed by atoms with Gasteiger partial charge >= 0.3 is 17.9 Å². The van der Waals surface area contributed by atoms with Crippen molar-refractivity contribution in [1.82, 2.24) is 0 Å². The average Bonchev–Trinajstić information content (AvgIpc) is 2.16. The molecule has 0 saturated carbocycles. The molecular formula is C6H7O7PS. The third kappa shape index (κ3) is 4.08. The minimum atomic E-state index is -4.98. The molecule has 0 radical (unpaired) electrons. The molecule has 1 aromatic carbocycles. The number of hydrogen-bond acceptors (Lipinski definition) is 5. The molecule has 0 aliphatic carbocycles. The van der Waals surface area contributed by atoms with E-state index < -0.39 is 17.9 Å². The summed E-state index contributed by atoms with van der Waals surface area (Å²) in [4.78, 5) is 16.2. The summed E-state index contributed by atoms with van der Waals surface area (Å²) in [5.74, 6) is 0. The summed E-state index contributed by atoms with van der Waals surface area (Å²) in [7, 11) is -9.29. The van der Waals surface area contributed by atoms with Crippen molar-refractivity contribution < 1.29 is 31.8 Å². The third-order valence-corrected chi connectivity index (χ3v) is 2.72. The number of hydrogen-bond donors (Lipinski definition) is 2. The summed E-state index contributed by atoms with van der Waals surface area (Å²) in [6, 6.07) is 6.81. The van der Waals surface area contributed by atoms with Crippen LogP contribution in [0.1, 0.15) is 0 Å². The normalized spacial score (nSPS) is 12.7. The van der Waals surface area contributed by atoms with Gasteiger partial charge in [0.25, 0.3) is 0 Å². The molecule has 9 heteroatoms. The summed E-state index contributed by atoms with van der Waals surface area (Å²) >= 11 is 0. The molecule has 0 aliphatic heterocycles. The predicted molar refractivity (Wildman–Crippen MR) is 47.8 cm³/mol. The van der Waals surface area contributed by atoms with Gasteiger partial charge < -0.3 is 9.79 Å². The fourth-order valence-electron chi connectivity index (χ4n) is 0.706. The van der Waals surface area contributed by atoms with E-state index in [-0.39, 0.29) is 4.90 Å². The van der Waals surface area contributed by atoms with Crippen LogP contribution in [0.4, 0.5) is 0 Å². The fraction of sp³-hybridized carbons (Fsp3) is 0. The Balaban J connectivity index is 2.82. The molecule has 1 rings (SSSR count). The molecule has 0 fully saturated rings.